The summed E-state index contributed by atoms with van der Waals surface area (Å²) in [6, 6.07) is 2.02. The number of nitrogens with one attached hydrogen (secondary N) is 1. The van der Waals surface area contributed by atoms with Gasteiger partial charge < -0.3 is 13.9 Å². The smallest absolute Gasteiger partial charge is 0.319 e. The van der Waals surface area contributed by atoms with Gasteiger partial charge in [0.05, 0.1) is 38.5 Å². The first kappa shape index (κ1) is 24.6. The van der Waals surface area contributed by atoms with E-state index < -0.39 is 5.41 Å². The predicted octanol–water partition coefficient (Wildman–Crippen LogP) is 4.82. The lowest BCUT2D eigenvalue weighted by Crippen LogP contribution is -2.53. The maximum atomic E-state index is 12.8. The van der Waals surface area contributed by atoms with E-state index in [2.05, 4.69) is 25.7 Å². The SMILES string of the molecule is C=C1CC[C@@H]2[C@](C)(CCC[C@]2(C)C(=O)OC)[C@H]1CCc1ccoc1CNCC(=O)OCC. The highest BCUT2D eigenvalue weighted by Crippen LogP contribution is 2.62. The summed E-state index contributed by atoms with van der Waals surface area (Å²) in [5.41, 5.74) is 2.09. The molecule has 1 N–H and O–H groups in total. The van der Waals surface area contributed by atoms with Crippen LogP contribution in [0, 0.1) is 22.7 Å². The second kappa shape index (κ2) is 10.2. The van der Waals surface area contributed by atoms with Crippen LogP contribution in [0.3, 0.4) is 0 Å². The molecule has 0 aliphatic heterocycles. The Kier molecular flexibility index (Phi) is 7.86. The van der Waals surface area contributed by atoms with Crippen molar-refractivity contribution in [3.8, 4) is 0 Å². The molecule has 0 bridgehead atoms. The lowest BCUT2D eigenvalue weighted by molar-refractivity contribution is -0.168. The topological polar surface area (TPSA) is 77.8 Å². The van der Waals surface area contributed by atoms with Crippen LogP contribution < -0.4 is 5.32 Å². The van der Waals surface area contributed by atoms with Crippen molar-refractivity contribution >= 4 is 11.9 Å². The summed E-state index contributed by atoms with van der Waals surface area (Å²) >= 11 is 0. The summed E-state index contributed by atoms with van der Waals surface area (Å²) in [6.45, 7) is 11.8. The van der Waals surface area contributed by atoms with Crippen LogP contribution in [0.2, 0.25) is 0 Å². The molecule has 4 atom stereocenters. The van der Waals surface area contributed by atoms with E-state index in [0.29, 0.717) is 25.0 Å². The van der Waals surface area contributed by atoms with Crippen LogP contribution in [-0.2, 0) is 32.0 Å². The first-order valence-electron chi connectivity index (χ1n) is 11.9. The van der Waals surface area contributed by atoms with Crippen molar-refractivity contribution in [3.05, 3.63) is 35.8 Å². The number of rotatable bonds is 9. The number of ether oxygens (including phenoxy) is 2. The fraction of sp³-hybridized carbons (Fsp3) is 0.692. The van der Waals surface area contributed by atoms with E-state index in [1.165, 1.54) is 12.7 Å². The molecule has 6 heteroatoms. The lowest BCUT2D eigenvalue weighted by Gasteiger charge is -2.57. The van der Waals surface area contributed by atoms with Crippen molar-refractivity contribution in [3.63, 3.8) is 0 Å². The maximum Gasteiger partial charge on any atom is 0.319 e. The van der Waals surface area contributed by atoms with Gasteiger partial charge in [-0.25, -0.2) is 0 Å². The first-order valence-corrected chi connectivity index (χ1v) is 11.9. The van der Waals surface area contributed by atoms with Gasteiger partial charge in [-0.15, -0.1) is 0 Å². The monoisotopic (exact) mass is 445 g/mol. The number of furan rings is 1. The van der Waals surface area contributed by atoms with E-state index >= 15 is 0 Å². The van der Waals surface area contributed by atoms with E-state index in [0.717, 1.165) is 56.3 Å². The second-order valence-electron chi connectivity index (χ2n) is 9.89. The van der Waals surface area contributed by atoms with Crippen LogP contribution in [0.15, 0.2) is 28.9 Å². The van der Waals surface area contributed by atoms with Crippen LogP contribution >= 0.6 is 0 Å². The van der Waals surface area contributed by atoms with E-state index in [1.54, 1.807) is 13.2 Å². The Bertz CT molecular complexity index is 830. The summed E-state index contributed by atoms with van der Waals surface area (Å²) in [5, 5.41) is 3.10. The number of esters is 2. The molecule has 2 saturated carbocycles. The molecule has 2 aliphatic carbocycles. The van der Waals surface area contributed by atoms with Gasteiger partial charge >= 0.3 is 11.9 Å². The molecular weight excluding hydrogens is 406 g/mol. The average molecular weight is 446 g/mol. The van der Waals surface area contributed by atoms with Crippen molar-refractivity contribution in [1.29, 1.82) is 0 Å². The minimum absolute atomic E-state index is 0.0442. The predicted molar refractivity (Wildman–Crippen MR) is 123 cm³/mol. The van der Waals surface area contributed by atoms with Gasteiger partial charge in [-0.2, -0.15) is 0 Å². The fourth-order valence-electron chi connectivity index (χ4n) is 6.49. The molecule has 1 heterocycles. The van der Waals surface area contributed by atoms with Gasteiger partial charge in [0, 0.05) is 0 Å². The number of hydrogen-bond acceptors (Lipinski definition) is 6. The Morgan fingerprint density at radius 1 is 1.31 bits per heavy atom. The molecule has 0 unspecified atom stereocenters. The van der Waals surface area contributed by atoms with Crippen molar-refractivity contribution in [2.45, 2.75) is 72.3 Å². The number of hydrogen-bond donors (Lipinski definition) is 1. The Labute approximate surface area is 192 Å². The molecular formula is C26H39NO5. The van der Waals surface area contributed by atoms with Crippen molar-refractivity contribution in [1.82, 2.24) is 5.32 Å². The average Bonchev–Trinajstić information content (AvgIpc) is 3.19. The van der Waals surface area contributed by atoms with Gasteiger partial charge in [0.2, 0.25) is 0 Å². The third-order valence-corrected chi connectivity index (χ3v) is 8.07. The Morgan fingerprint density at radius 2 is 2.09 bits per heavy atom. The standard InChI is InChI=1S/C26H39NO5/c1-6-31-23(28)17-27-16-21-19(12-15-32-21)9-10-20-18(2)8-11-22-25(20,3)13-7-14-26(22,4)24(29)30-5/h12,15,20,22,27H,2,6-11,13-14,16-17H2,1,3-5H3/t20-,22+,25+,26-/m0/s1. The summed E-state index contributed by atoms with van der Waals surface area (Å²) in [6.07, 6.45) is 8.61. The summed E-state index contributed by atoms with van der Waals surface area (Å²) in [7, 11) is 1.51. The van der Waals surface area contributed by atoms with Crippen LogP contribution in [0.25, 0.3) is 0 Å². The van der Waals surface area contributed by atoms with Gasteiger partial charge in [-0.1, -0.05) is 25.5 Å². The molecule has 0 radical (unpaired) electrons. The lowest BCUT2D eigenvalue weighted by atomic mass is 9.46. The number of methoxy groups -OCH3 is 1. The van der Waals surface area contributed by atoms with E-state index in [9.17, 15) is 9.59 Å². The zero-order chi connectivity index (χ0) is 23.4. The summed E-state index contributed by atoms with van der Waals surface area (Å²) in [5.74, 6) is 1.21. The van der Waals surface area contributed by atoms with Crippen LogP contribution in [-0.4, -0.2) is 32.2 Å². The van der Waals surface area contributed by atoms with Crippen molar-refractivity contribution < 1.29 is 23.5 Å². The van der Waals surface area contributed by atoms with Gasteiger partial charge in [0.15, 0.2) is 0 Å². The Balaban J connectivity index is 1.69. The third-order valence-electron chi connectivity index (χ3n) is 8.07. The normalized spacial score (nSPS) is 29.9. The molecule has 1 aromatic rings. The van der Waals surface area contributed by atoms with Gasteiger partial charge in [-0.3, -0.25) is 14.9 Å². The highest BCUT2D eigenvalue weighted by Gasteiger charge is 2.57. The Hall–Kier alpha value is -2.08. The summed E-state index contributed by atoms with van der Waals surface area (Å²) < 4.78 is 15.9. The molecule has 0 spiro atoms. The summed E-state index contributed by atoms with van der Waals surface area (Å²) in [4.78, 5) is 24.3. The fourth-order valence-corrected chi connectivity index (χ4v) is 6.49. The van der Waals surface area contributed by atoms with Crippen molar-refractivity contribution in [2.75, 3.05) is 20.3 Å². The van der Waals surface area contributed by atoms with Gasteiger partial charge in [0.25, 0.3) is 0 Å². The first-order chi connectivity index (χ1) is 15.3. The van der Waals surface area contributed by atoms with Crippen molar-refractivity contribution in [2.24, 2.45) is 22.7 Å². The molecule has 2 aliphatic rings. The van der Waals surface area contributed by atoms with Crippen LogP contribution in [0.5, 0.6) is 0 Å². The number of allylic oxidation sites excluding steroid dienone is 1. The minimum Gasteiger partial charge on any atom is -0.469 e. The molecule has 32 heavy (non-hydrogen) atoms. The highest BCUT2D eigenvalue weighted by molar-refractivity contribution is 5.77. The molecule has 0 saturated heterocycles. The third kappa shape index (κ3) is 4.80. The molecule has 1 aromatic heterocycles. The second-order valence-corrected chi connectivity index (χ2v) is 9.89. The Morgan fingerprint density at radius 3 is 2.81 bits per heavy atom. The molecule has 3 rings (SSSR count). The highest BCUT2D eigenvalue weighted by atomic mass is 16.5. The number of fused-ring (bicyclic) bond motifs is 1. The maximum absolute atomic E-state index is 12.8. The van der Waals surface area contributed by atoms with E-state index in [1.807, 2.05) is 6.07 Å². The number of aryl methyl sites for hydroxylation is 1. The number of carbonyl (C=O) groups is 2. The molecule has 0 amide bonds. The van der Waals surface area contributed by atoms with Gasteiger partial charge in [-0.05, 0) is 81.3 Å². The van der Waals surface area contributed by atoms with E-state index in [4.69, 9.17) is 13.9 Å². The minimum atomic E-state index is -0.418. The quantitative estimate of drug-likeness (QED) is 0.434. The zero-order valence-corrected chi connectivity index (χ0v) is 20.1. The van der Waals surface area contributed by atoms with E-state index in [-0.39, 0.29) is 23.9 Å². The zero-order valence-electron chi connectivity index (χ0n) is 20.1. The number of carbonyl (C=O) groups excluding carboxylic acids is 2. The molecule has 6 nitrogen and oxygen atoms in total. The largest absolute Gasteiger partial charge is 0.469 e. The molecule has 178 valence electrons. The molecule has 0 aromatic carbocycles. The van der Waals surface area contributed by atoms with Gasteiger partial charge in [0.1, 0.15) is 5.76 Å². The molecule has 2 fully saturated rings. The van der Waals surface area contributed by atoms with Crippen LogP contribution in [0.4, 0.5) is 0 Å². The van der Waals surface area contributed by atoms with Crippen LogP contribution in [0.1, 0.15) is 70.6 Å².